The lowest BCUT2D eigenvalue weighted by molar-refractivity contribution is -0.123. The third-order valence-electron chi connectivity index (χ3n) is 4.39. The molecule has 3 nitrogen and oxygen atoms in total. The molecule has 0 fully saturated rings. The van der Waals surface area contributed by atoms with Gasteiger partial charge in [-0.25, -0.2) is 0 Å². The summed E-state index contributed by atoms with van der Waals surface area (Å²) >= 11 is 0. The van der Waals surface area contributed by atoms with Crippen LogP contribution in [0.15, 0.2) is 78.9 Å². The molecule has 0 saturated carbocycles. The Bertz CT molecular complexity index is 874. The average Bonchev–Trinajstić information content (AvgIpc) is 2.67. The van der Waals surface area contributed by atoms with Crippen molar-refractivity contribution in [2.75, 3.05) is 6.61 Å². The van der Waals surface area contributed by atoms with Crippen LogP contribution in [0.4, 0.5) is 0 Å². The molecule has 3 aromatic carbocycles. The highest BCUT2D eigenvalue weighted by molar-refractivity contribution is 5.78. The fourth-order valence-electron chi connectivity index (χ4n) is 2.96. The van der Waals surface area contributed by atoms with Crippen molar-refractivity contribution in [2.24, 2.45) is 0 Å². The first-order chi connectivity index (χ1) is 12.6. The summed E-state index contributed by atoms with van der Waals surface area (Å²) in [6.45, 7) is 4.01. The summed E-state index contributed by atoms with van der Waals surface area (Å²) in [5, 5.41) is 3.12. The molecule has 3 rings (SSSR count). The molecule has 0 heterocycles. The van der Waals surface area contributed by atoms with Gasteiger partial charge in [0.05, 0.1) is 6.04 Å². The second kappa shape index (κ2) is 8.34. The number of hydrogen-bond acceptors (Lipinski definition) is 2. The van der Waals surface area contributed by atoms with Crippen LogP contribution in [0.25, 0.3) is 0 Å². The van der Waals surface area contributed by atoms with Gasteiger partial charge in [-0.1, -0.05) is 72.8 Å². The summed E-state index contributed by atoms with van der Waals surface area (Å²) < 4.78 is 5.69. The molecule has 0 bridgehead atoms. The maximum Gasteiger partial charge on any atom is 0.258 e. The number of aryl methyl sites for hydroxylation is 2. The third kappa shape index (κ3) is 4.31. The van der Waals surface area contributed by atoms with Gasteiger partial charge in [0, 0.05) is 0 Å². The van der Waals surface area contributed by atoms with E-state index in [2.05, 4.69) is 24.4 Å². The molecule has 0 spiro atoms. The highest BCUT2D eigenvalue weighted by Gasteiger charge is 2.18. The molecule has 0 radical (unpaired) electrons. The number of carbonyl (C=O) groups excluding carboxylic acids is 1. The number of rotatable bonds is 6. The maximum atomic E-state index is 12.6. The largest absolute Gasteiger partial charge is 0.484 e. The highest BCUT2D eigenvalue weighted by atomic mass is 16.5. The number of ether oxygens (including phenoxy) is 1. The SMILES string of the molecule is Cc1ccccc1OCC(=O)N[C@@H](c1ccccc1)c1ccccc1C. The Labute approximate surface area is 154 Å². The molecule has 0 aliphatic rings. The predicted molar refractivity (Wildman–Crippen MR) is 104 cm³/mol. The summed E-state index contributed by atoms with van der Waals surface area (Å²) in [4.78, 5) is 12.6. The van der Waals surface area contributed by atoms with Crippen molar-refractivity contribution in [1.82, 2.24) is 5.32 Å². The van der Waals surface area contributed by atoms with Gasteiger partial charge in [-0.15, -0.1) is 0 Å². The Hall–Kier alpha value is -3.07. The number of nitrogens with one attached hydrogen (secondary N) is 1. The van der Waals surface area contributed by atoms with Gasteiger partial charge < -0.3 is 10.1 Å². The Morgan fingerprint density at radius 1 is 0.846 bits per heavy atom. The lowest BCUT2D eigenvalue weighted by Crippen LogP contribution is -2.33. The van der Waals surface area contributed by atoms with Crippen molar-refractivity contribution < 1.29 is 9.53 Å². The lowest BCUT2D eigenvalue weighted by Gasteiger charge is -2.22. The second-order valence-corrected chi connectivity index (χ2v) is 6.32. The Morgan fingerprint density at radius 3 is 2.15 bits per heavy atom. The van der Waals surface area contributed by atoms with Gasteiger partial charge in [-0.3, -0.25) is 4.79 Å². The number of amides is 1. The van der Waals surface area contributed by atoms with Gasteiger partial charge in [-0.2, -0.15) is 0 Å². The van der Waals surface area contributed by atoms with E-state index in [4.69, 9.17) is 4.74 Å². The standard InChI is InChI=1S/C23H23NO2/c1-17-10-6-8-14-20(17)23(19-12-4-3-5-13-19)24-22(25)16-26-21-15-9-7-11-18(21)2/h3-15,23H,16H2,1-2H3,(H,24,25)/t23-/m0/s1. The molecule has 0 aliphatic heterocycles. The van der Waals surface area contributed by atoms with Crippen LogP contribution in [-0.2, 0) is 4.79 Å². The molecule has 1 atom stereocenters. The Kier molecular flexibility index (Phi) is 5.69. The first kappa shape index (κ1) is 17.7. The van der Waals surface area contributed by atoms with Crippen LogP contribution in [0, 0.1) is 13.8 Å². The van der Waals surface area contributed by atoms with E-state index in [1.807, 2.05) is 73.7 Å². The minimum Gasteiger partial charge on any atom is -0.484 e. The van der Waals surface area contributed by atoms with E-state index in [0.29, 0.717) is 0 Å². The Morgan fingerprint density at radius 2 is 1.46 bits per heavy atom. The number of hydrogen-bond donors (Lipinski definition) is 1. The van der Waals surface area contributed by atoms with E-state index in [9.17, 15) is 4.79 Å². The summed E-state index contributed by atoms with van der Waals surface area (Å²) in [5.41, 5.74) is 4.29. The smallest absolute Gasteiger partial charge is 0.258 e. The molecule has 0 saturated heterocycles. The van der Waals surface area contributed by atoms with E-state index in [0.717, 1.165) is 28.0 Å². The Balaban J connectivity index is 1.77. The summed E-state index contributed by atoms with van der Waals surface area (Å²) in [7, 11) is 0. The summed E-state index contributed by atoms with van der Waals surface area (Å²) in [5.74, 6) is 0.583. The molecule has 1 amide bonds. The normalized spacial score (nSPS) is 11.6. The zero-order valence-electron chi connectivity index (χ0n) is 15.1. The van der Waals surface area contributed by atoms with Crippen LogP contribution in [-0.4, -0.2) is 12.5 Å². The van der Waals surface area contributed by atoms with Gasteiger partial charge in [0.1, 0.15) is 5.75 Å². The summed E-state index contributed by atoms with van der Waals surface area (Å²) in [6.07, 6.45) is 0. The quantitative estimate of drug-likeness (QED) is 0.710. The van der Waals surface area contributed by atoms with Gasteiger partial charge in [0.25, 0.3) is 5.91 Å². The van der Waals surface area contributed by atoms with Crippen molar-refractivity contribution in [3.8, 4) is 5.75 Å². The van der Waals surface area contributed by atoms with Crippen LogP contribution in [0.3, 0.4) is 0 Å². The molecular formula is C23H23NO2. The van der Waals surface area contributed by atoms with Crippen LogP contribution >= 0.6 is 0 Å². The lowest BCUT2D eigenvalue weighted by atomic mass is 9.95. The van der Waals surface area contributed by atoms with Crippen LogP contribution in [0.5, 0.6) is 5.75 Å². The monoisotopic (exact) mass is 345 g/mol. The molecule has 1 N–H and O–H groups in total. The number of benzene rings is 3. The van der Waals surface area contributed by atoms with E-state index in [1.165, 1.54) is 0 Å². The first-order valence-corrected chi connectivity index (χ1v) is 8.73. The van der Waals surface area contributed by atoms with Gasteiger partial charge in [0.2, 0.25) is 0 Å². The van der Waals surface area contributed by atoms with Gasteiger partial charge in [-0.05, 0) is 42.2 Å². The van der Waals surface area contributed by atoms with E-state index in [1.54, 1.807) is 0 Å². The third-order valence-corrected chi connectivity index (χ3v) is 4.39. The molecule has 0 aliphatic carbocycles. The summed E-state index contributed by atoms with van der Waals surface area (Å²) in [6, 6.07) is 25.6. The van der Waals surface area contributed by atoms with Crippen molar-refractivity contribution in [2.45, 2.75) is 19.9 Å². The molecular weight excluding hydrogens is 322 g/mol. The van der Waals surface area contributed by atoms with Gasteiger partial charge in [0.15, 0.2) is 6.61 Å². The number of para-hydroxylation sites is 1. The molecule has 132 valence electrons. The van der Waals surface area contributed by atoms with Crippen molar-refractivity contribution in [1.29, 1.82) is 0 Å². The highest BCUT2D eigenvalue weighted by Crippen LogP contribution is 2.25. The molecule has 26 heavy (non-hydrogen) atoms. The molecule has 0 aromatic heterocycles. The minimum atomic E-state index is -0.203. The van der Waals surface area contributed by atoms with Gasteiger partial charge >= 0.3 is 0 Å². The fraction of sp³-hybridized carbons (Fsp3) is 0.174. The van der Waals surface area contributed by atoms with Crippen molar-refractivity contribution in [3.63, 3.8) is 0 Å². The van der Waals surface area contributed by atoms with E-state index < -0.39 is 0 Å². The van der Waals surface area contributed by atoms with Crippen LogP contribution < -0.4 is 10.1 Å². The maximum absolute atomic E-state index is 12.6. The van der Waals surface area contributed by atoms with E-state index in [-0.39, 0.29) is 18.6 Å². The van der Waals surface area contributed by atoms with Crippen LogP contribution in [0.1, 0.15) is 28.3 Å². The minimum absolute atomic E-state index is 0.0138. The molecule has 0 unspecified atom stereocenters. The second-order valence-electron chi connectivity index (χ2n) is 6.32. The molecule has 3 heteroatoms. The van der Waals surface area contributed by atoms with E-state index >= 15 is 0 Å². The van der Waals surface area contributed by atoms with Crippen LogP contribution in [0.2, 0.25) is 0 Å². The average molecular weight is 345 g/mol. The zero-order chi connectivity index (χ0) is 18.4. The number of carbonyl (C=O) groups is 1. The molecule has 3 aromatic rings. The zero-order valence-corrected chi connectivity index (χ0v) is 15.1. The topological polar surface area (TPSA) is 38.3 Å². The fourth-order valence-corrected chi connectivity index (χ4v) is 2.96. The first-order valence-electron chi connectivity index (χ1n) is 8.73. The predicted octanol–water partition coefficient (Wildman–Crippen LogP) is 4.59. The van der Waals surface area contributed by atoms with Crippen molar-refractivity contribution in [3.05, 3.63) is 101 Å². The van der Waals surface area contributed by atoms with Crippen molar-refractivity contribution >= 4 is 5.91 Å².